The number of carboxylic acids is 1. The number of ketones is 1. The van der Waals surface area contributed by atoms with Gasteiger partial charge in [-0.05, 0) is 210 Å². The topological polar surface area (TPSA) is 558 Å². The van der Waals surface area contributed by atoms with E-state index in [0.717, 1.165) is 161 Å². The van der Waals surface area contributed by atoms with E-state index in [0.29, 0.717) is 119 Å². The van der Waals surface area contributed by atoms with E-state index in [9.17, 15) is 56.4 Å². The van der Waals surface area contributed by atoms with Crippen molar-refractivity contribution in [2.75, 3.05) is 92.7 Å². The van der Waals surface area contributed by atoms with Crippen molar-refractivity contribution in [1.82, 2.24) is 62.4 Å². The quantitative estimate of drug-likeness (QED) is 0.00441. The Hall–Kier alpha value is -6.92. The van der Waals surface area contributed by atoms with Gasteiger partial charge in [0.05, 0.1) is 27.4 Å². The number of nitrogens with zero attached hydrogens (tertiary/aromatic N) is 7. The first-order chi connectivity index (χ1) is 57.8. The molecule has 0 aromatic carbocycles. The van der Waals surface area contributed by atoms with Crippen LogP contribution in [-0.2, 0) is 78.3 Å². The summed E-state index contributed by atoms with van der Waals surface area (Å²) >= 11 is 5.38. The molecule has 1 aromatic rings. The van der Waals surface area contributed by atoms with E-state index in [1.165, 1.54) is 96.9 Å². The van der Waals surface area contributed by atoms with Crippen molar-refractivity contribution in [3.63, 3.8) is 0 Å². The molecular weight excluding hydrogens is 1670 g/mol. The molecule has 38 nitrogen and oxygen atoms in total. The fourth-order valence-electron chi connectivity index (χ4n) is 14.2. The highest BCUT2D eigenvalue weighted by Gasteiger charge is 2.49. The minimum Gasteiger partial charge on any atom is -0.481 e. The summed E-state index contributed by atoms with van der Waals surface area (Å²) in [4.78, 5) is 119. The maximum atomic E-state index is 12.5. The van der Waals surface area contributed by atoms with Crippen LogP contribution in [0.5, 0.6) is 0 Å². The van der Waals surface area contributed by atoms with Crippen molar-refractivity contribution in [3.05, 3.63) is 11.8 Å². The van der Waals surface area contributed by atoms with Crippen molar-refractivity contribution >= 4 is 81.9 Å². The van der Waals surface area contributed by atoms with Crippen LogP contribution in [0.2, 0.25) is 0 Å². The standard InChI is InChI=1S/C17H28N6O6S.C16H31N3O3.C16H30N2O4.C13H24O2.C10H17NO3.C6H11ClO2.C6H12O2.CH4.H4N2.H3N.H2O/c24-17-22-11-13(23(17)29-30(25,26)27)4-5-14(22)16-21-20-15(28-16)3-1-2-8-19-12-6-9-18-10-7-12;1-16(2,3)22-15(21)19(13-9-5-4-6-10-13)12-8-7-11-14(20)18-17;1-16(2,3)22-15(20)18-11-8-13(9-12-18)17-10-6-5-7-14(19)21-4;1-15-13(14)11-7-3-6-10-12-8-4-2-5-9-12;1-10(2,3)14-9(13)11-6-4-8(12)5-7-11;1-9-6(8)4-2-3-5-7;1-2-3-4-5-6(7)8;;1-2;;/h12-14,18-19H,1-11H2,(H,25,26,27);13H,4-12,17H2,1-3H3,(H,18,20);13,17H,5-12H2,1-4H3;12H,2-11H2,1H3;4-7H2,1-3H3;2-5H2,1H3;2-5H2,1H3,(H,7,8);1H4;1-2H2;1H3;1H2/t13-,14+;;;;;;;;;;/m1........../s1. The first-order valence-electron chi connectivity index (χ1n) is 44.4. The molecule has 0 radical (unpaired) electrons. The number of methoxy groups -OCH3 is 3. The van der Waals surface area contributed by atoms with Crippen LogP contribution in [-0.4, -0.2) is 252 Å². The number of esters is 3. The van der Waals surface area contributed by atoms with Crippen LogP contribution in [0, 0.1) is 5.92 Å². The number of ether oxygens (including phenoxy) is 6. The molecule has 2 bridgehead atoms. The van der Waals surface area contributed by atoms with Gasteiger partial charge in [0.15, 0.2) is 0 Å². The third-order valence-electron chi connectivity index (χ3n) is 20.7. The number of unbranched alkanes of at least 4 members (excludes halogenated alkanes) is 8. The third kappa shape index (κ3) is 60.5. The summed E-state index contributed by atoms with van der Waals surface area (Å²) in [6, 6.07) is -0.191. The van der Waals surface area contributed by atoms with Gasteiger partial charge in [-0.3, -0.25) is 50.4 Å². The van der Waals surface area contributed by atoms with Gasteiger partial charge in [-0.25, -0.2) is 25.0 Å². The number of Topliss-reactive ketones (excluding diaryl/α,β-unsaturated/α-hetero) is 1. The Morgan fingerprint density at radius 3 is 1.57 bits per heavy atom. The maximum absolute atomic E-state index is 12.5. The second kappa shape index (κ2) is 70.0. The van der Waals surface area contributed by atoms with Crippen LogP contribution in [0.3, 0.4) is 0 Å². The molecule has 2 atom stereocenters. The van der Waals surface area contributed by atoms with E-state index >= 15 is 0 Å². The van der Waals surface area contributed by atoms with Crippen LogP contribution in [0.15, 0.2) is 4.42 Å². The van der Waals surface area contributed by atoms with Gasteiger partial charge in [0, 0.05) is 115 Å². The Balaban J connectivity index is -0.00000143. The number of piperidine rings is 4. The Labute approximate surface area is 751 Å². The summed E-state index contributed by atoms with van der Waals surface area (Å²) in [5.74, 6) is 14.6. The number of hydroxylamine groups is 2. The monoisotopic (exact) mass is 1830 g/mol. The van der Waals surface area contributed by atoms with Crippen LogP contribution in [0.1, 0.15) is 338 Å². The number of hydrazine groups is 2. The normalized spacial score (nSPS) is 17.3. The average Bonchev–Trinajstić information content (AvgIpc) is 1.62. The Bertz CT molecular complexity index is 3190. The Morgan fingerprint density at radius 1 is 0.600 bits per heavy atom. The van der Waals surface area contributed by atoms with E-state index in [-0.39, 0.29) is 79.5 Å². The van der Waals surface area contributed by atoms with Crippen LogP contribution in [0.4, 0.5) is 19.2 Å². The van der Waals surface area contributed by atoms with Gasteiger partial charge < -0.3 is 85.1 Å². The van der Waals surface area contributed by atoms with Crippen molar-refractivity contribution in [3.8, 4) is 0 Å². The number of amides is 6. The number of aromatic nitrogens is 2. The lowest BCUT2D eigenvalue weighted by Gasteiger charge is -2.35. The van der Waals surface area contributed by atoms with Crippen molar-refractivity contribution in [1.29, 1.82) is 0 Å². The number of urea groups is 1. The Kier molecular flexibility index (Phi) is 68.5. The summed E-state index contributed by atoms with van der Waals surface area (Å²) < 4.78 is 70.8. The van der Waals surface area contributed by atoms with Crippen LogP contribution >= 0.6 is 11.6 Å². The number of nitrogens with two attached hydrogens (primary N) is 3. The van der Waals surface area contributed by atoms with Gasteiger partial charge in [0.2, 0.25) is 17.7 Å². The van der Waals surface area contributed by atoms with E-state index in [2.05, 4.69) is 68.7 Å². The Morgan fingerprint density at radius 2 is 1.08 bits per heavy atom. The molecule has 6 amide bonds. The number of halogens is 1. The van der Waals surface area contributed by atoms with E-state index in [1.54, 1.807) is 9.80 Å². The SMILES string of the molecule is C.CC(C)(C)OC(=O)N(CCCCC(=O)NN)C1CCCCC1.CC(C)(C)OC(=O)N1CCC(=O)CC1.CCCCCC(=O)O.COC(=O)CCCCCC1CCCCC1.COC(=O)CCCCCl.COC(=O)CCCCNC1CCN(C(=O)OC(C)(C)C)CC1.N.NN.O.O=C1N2C[C@@H](CC[C@H]2c2nnc(CCCCNC3CCNCC3)o2)N1OS(=O)(=O)O. The highest BCUT2D eigenvalue weighted by molar-refractivity contribution is 7.80. The number of hydrogen-bond donors (Lipinski definition) is 10. The molecule has 125 heavy (non-hydrogen) atoms. The summed E-state index contributed by atoms with van der Waals surface area (Å²) in [7, 11) is -0.491. The van der Waals surface area contributed by atoms with Gasteiger partial charge in [-0.15, -0.1) is 26.1 Å². The van der Waals surface area contributed by atoms with Crippen molar-refractivity contribution in [2.45, 2.75) is 374 Å². The highest BCUT2D eigenvalue weighted by Crippen LogP contribution is 2.39. The molecule has 0 spiro atoms. The average molecular weight is 1830 g/mol. The molecule has 5 saturated heterocycles. The molecule has 0 unspecified atom stereocenters. The summed E-state index contributed by atoms with van der Waals surface area (Å²) in [6.07, 6.45) is 36.0. The van der Waals surface area contributed by atoms with Gasteiger partial charge in [0.1, 0.15) is 28.6 Å². The number of fused-ring (bicyclic) bond motifs is 2. The maximum Gasteiger partial charge on any atom is 0.418 e. The van der Waals surface area contributed by atoms with Gasteiger partial charge in [-0.1, -0.05) is 97.8 Å². The lowest BCUT2D eigenvalue weighted by molar-refractivity contribution is -0.141. The molecule has 40 heteroatoms. The number of likely N-dealkylation sites (tertiary alicyclic amines) is 2. The zero-order chi connectivity index (χ0) is 91.5. The van der Waals surface area contributed by atoms with Gasteiger partial charge in [0.25, 0.3) is 0 Å². The summed E-state index contributed by atoms with van der Waals surface area (Å²) in [6.45, 7) is 26.2. The number of alkyl halides is 1. The number of aryl methyl sites for hydroxylation is 1. The second-order valence-corrected chi connectivity index (χ2v) is 35.8. The lowest BCUT2D eigenvalue weighted by Crippen LogP contribution is -2.46. The molecule has 1 aromatic heterocycles. The van der Waals surface area contributed by atoms with E-state index in [1.807, 2.05) is 67.2 Å². The zero-order valence-corrected chi connectivity index (χ0v) is 78.8. The van der Waals surface area contributed by atoms with Crippen molar-refractivity contribution < 1.29 is 109 Å². The molecule has 17 N–H and O–H groups in total. The fraction of sp³-hybridized carbons (Fsp3) is 0.859. The zero-order valence-electron chi connectivity index (χ0n) is 77.2. The molecular formula is C85H166ClN15O23S. The fourth-order valence-corrected chi connectivity index (χ4v) is 14.8. The number of hydrogen-bond acceptors (Lipinski definition) is 29. The number of rotatable bonds is 35. The lowest BCUT2D eigenvalue weighted by atomic mass is 9.85. The number of carbonyl (C=O) groups excluding carboxylic acids is 9. The van der Waals surface area contributed by atoms with E-state index in [4.69, 9.17) is 45.7 Å². The number of carboxylic acid groups (broad SMARTS) is 1. The number of carbonyl (C=O) groups is 10. The molecule has 7 aliphatic rings. The predicted octanol–water partition coefficient (Wildman–Crippen LogP) is 12.7. The molecule has 2 aliphatic carbocycles. The molecule has 5 aliphatic heterocycles. The highest BCUT2D eigenvalue weighted by atomic mass is 35.5. The number of nitrogens with one attached hydrogen (secondary N) is 4. The molecule has 732 valence electrons. The second-order valence-electron chi connectivity index (χ2n) is 34.5. The van der Waals surface area contributed by atoms with E-state index < -0.39 is 51.3 Å². The number of aliphatic carboxylic acids is 1. The molecule has 6 heterocycles. The summed E-state index contributed by atoms with van der Waals surface area (Å²) in [5.41, 5.74) is 0.745. The predicted molar refractivity (Wildman–Crippen MR) is 480 cm³/mol. The first-order valence-corrected chi connectivity index (χ1v) is 46.3. The third-order valence-corrected chi connectivity index (χ3v) is 21.3. The van der Waals surface area contributed by atoms with Crippen LogP contribution in [0.25, 0.3) is 0 Å². The molecule has 8 rings (SSSR count). The van der Waals surface area contributed by atoms with Gasteiger partial charge >= 0.3 is 58.6 Å². The molecule has 7 fully saturated rings. The minimum atomic E-state index is -4.76. The van der Waals surface area contributed by atoms with Gasteiger partial charge in [-0.2, -0.15) is 13.5 Å². The molecule has 2 saturated carbocycles. The largest absolute Gasteiger partial charge is 0.481 e. The summed E-state index contributed by atoms with van der Waals surface area (Å²) in [5, 5.41) is 27.5. The smallest absolute Gasteiger partial charge is 0.418 e. The van der Waals surface area contributed by atoms with Crippen LogP contribution < -0.4 is 45.1 Å². The minimum absolute atomic E-state index is 0. The first kappa shape index (κ1) is 122. The van der Waals surface area contributed by atoms with Crippen molar-refractivity contribution in [2.24, 2.45) is 23.4 Å².